The summed E-state index contributed by atoms with van der Waals surface area (Å²) in [5, 5.41) is 13.8. The number of carbonyl (C=O) groups is 1. The molecule has 2 heterocycles. The summed E-state index contributed by atoms with van der Waals surface area (Å²) >= 11 is 1.39. The van der Waals surface area contributed by atoms with E-state index in [2.05, 4.69) is 27.1 Å². The number of carbonyl (C=O) groups excluding carboxylic acids is 1. The van der Waals surface area contributed by atoms with Crippen LogP contribution in [0.15, 0.2) is 23.7 Å². The molecule has 0 radical (unpaired) electrons. The Bertz CT molecular complexity index is 681. The van der Waals surface area contributed by atoms with Crippen LogP contribution in [0.1, 0.15) is 41.5 Å². The molecule has 0 aliphatic carbocycles. The van der Waals surface area contributed by atoms with Gasteiger partial charge in [0.2, 0.25) is 0 Å². The van der Waals surface area contributed by atoms with Crippen molar-refractivity contribution in [3.05, 3.63) is 40.7 Å². The molecule has 0 aliphatic rings. The van der Waals surface area contributed by atoms with Crippen LogP contribution < -0.4 is 5.32 Å². The highest BCUT2D eigenvalue weighted by molar-refractivity contribution is 7.14. The fourth-order valence-corrected chi connectivity index (χ4v) is 2.38. The molecule has 0 saturated carbocycles. The summed E-state index contributed by atoms with van der Waals surface area (Å²) in [5.41, 5.74) is 1.90. The largest absolute Gasteiger partial charge is 0.384 e. The first-order valence-corrected chi connectivity index (χ1v) is 7.30. The fourth-order valence-electron chi connectivity index (χ4n) is 1.51. The molecule has 0 fully saturated rings. The molecule has 2 rings (SSSR count). The lowest BCUT2D eigenvalue weighted by atomic mass is 10.2. The van der Waals surface area contributed by atoms with Crippen LogP contribution in [0, 0.1) is 11.8 Å². The summed E-state index contributed by atoms with van der Waals surface area (Å²) in [6.45, 7) is 3.90. The van der Waals surface area contributed by atoms with Gasteiger partial charge < -0.3 is 5.11 Å². The van der Waals surface area contributed by atoms with Crippen molar-refractivity contribution >= 4 is 22.4 Å². The maximum atomic E-state index is 12.0. The molecule has 0 aromatic carbocycles. The topological polar surface area (TPSA) is 75.1 Å². The number of hydrogen-bond donors (Lipinski definition) is 2. The van der Waals surface area contributed by atoms with E-state index in [4.69, 9.17) is 5.11 Å². The van der Waals surface area contributed by atoms with Crippen molar-refractivity contribution in [1.82, 2.24) is 9.97 Å². The second kappa shape index (κ2) is 6.97. The van der Waals surface area contributed by atoms with Crippen LogP contribution in [-0.4, -0.2) is 27.6 Å². The monoisotopic (exact) mass is 301 g/mol. The number of hydrogen-bond acceptors (Lipinski definition) is 5. The number of pyridine rings is 1. The van der Waals surface area contributed by atoms with Gasteiger partial charge in [0.25, 0.3) is 5.91 Å². The Morgan fingerprint density at radius 1 is 1.48 bits per heavy atom. The second-order valence-electron chi connectivity index (χ2n) is 4.58. The highest BCUT2D eigenvalue weighted by Gasteiger charge is 2.11. The first kappa shape index (κ1) is 15.2. The van der Waals surface area contributed by atoms with E-state index in [1.165, 1.54) is 17.5 Å². The number of nitrogens with zero attached hydrogens (tertiary/aromatic N) is 2. The lowest BCUT2D eigenvalue weighted by molar-refractivity contribution is 0.102. The lowest BCUT2D eigenvalue weighted by Gasteiger charge is -2.01. The van der Waals surface area contributed by atoms with Crippen LogP contribution in [0.25, 0.3) is 0 Å². The summed E-state index contributed by atoms with van der Waals surface area (Å²) < 4.78 is 0. The van der Waals surface area contributed by atoms with Crippen LogP contribution in [-0.2, 0) is 0 Å². The third-order valence-corrected chi connectivity index (χ3v) is 3.42. The van der Waals surface area contributed by atoms with E-state index < -0.39 is 0 Å². The van der Waals surface area contributed by atoms with Crippen molar-refractivity contribution in [3.63, 3.8) is 0 Å². The molecule has 5 nitrogen and oxygen atoms in total. The van der Waals surface area contributed by atoms with Crippen LogP contribution >= 0.6 is 11.3 Å². The standard InChI is InChI=1S/C15H15N3O2S/c1-10(2)13-9-21-15(17-13)18-14(20)12-6-5-11(8-16-12)4-3-7-19/h5-6,8-10,19H,7H2,1-2H3,(H,17,18,20). The van der Waals surface area contributed by atoms with E-state index in [1.807, 2.05) is 19.2 Å². The molecule has 0 bridgehead atoms. The Morgan fingerprint density at radius 3 is 2.86 bits per heavy atom. The summed E-state index contributed by atoms with van der Waals surface area (Å²) in [5.74, 6) is 5.27. The average Bonchev–Trinajstić information content (AvgIpc) is 2.94. The quantitative estimate of drug-likeness (QED) is 0.853. The third-order valence-electron chi connectivity index (χ3n) is 2.64. The van der Waals surface area contributed by atoms with Gasteiger partial charge in [0, 0.05) is 17.1 Å². The van der Waals surface area contributed by atoms with E-state index in [0.717, 1.165) is 5.69 Å². The molecule has 0 spiro atoms. The molecule has 1 amide bonds. The Morgan fingerprint density at radius 2 is 2.29 bits per heavy atom. The van der Waals surface area contributed by atoms with Gasteiger partial charge in [-0.25, -0.2) is 9.97 Å². The summed E-state index contributed by atoms with van der Waals surface area (Å²) in [7, 11) is 0. The predicted molar refractivity (Wildman–Crippen MR) is 82.4 cm³/mol. The normalized spacial score (nSPS) is 10.1. The second-order valence-corrected chi connectivity index (χ2v) is 5.44. The van der Waals surface area contributed by atoms with Crippen molar-refractivity contribution in [1.29, 1.82) is 0 Å². The van der Waals surface area contributed by atoms with Gasteiger partial charge in [-0.3, -0.25) is 10.1 Å². The van der Waals surface area contributed by atoms with Gasteiger partial charge in [-0.1, -0.05) is 25.7 Å². The zero-order valence-corrected chi connectivity index (χ0v) is 12.6. The van der Waals surface area contributed by atoms with Gasteiger partial charge >= 0.3 is 0 Å². The number of nitrogens with one attached hydrogen (secondary N) is 1. The van der Waals surface area contributed by atoms with Gasteiger partial charge in [-0.15, -0.1) is 11.3 Å². The number of aliphatic hydroxyl groups is 1. The first-order chi connectivity index (χ1) is 10.1. The lowest BCUT2D eigenvalue weighted by Crippen LogP contribution is -2.13. The van der Waals surface area contributed by atoms with Crippen molar-refractivity contribution in [2.75, 3.05) is 11.9 Å². The molecule has 2 aromatic rings. The SMILES string of the molecule is CC(C)c1csc(NC(=O)c2ccc(C#CCO)cn2)n1. The molecule has 0 saturated heterocycles. The Labute approximate surface area is 127 Å². The Hall–Kier alpha value is -2.23. The predicted octanol–water partition coefficient (Wildman–Crippen LogP) is 2.26. The van der Waals surface area contributed by atoms with Crippen LogP contribution in [0.3, 0.4) is 0 Å². The molecule has 2 N–H and O–H groups in total. The number of aliphatic hydroxyl groups excluding tert-OH is 1. The molecule has 0 aliphatic heterocycles. The minimum atomic E-state index is -0.304. The molecule has 6 heteroatoms. The van der Waals surface area contributed by atoms with Crippen LogP contribution in [0.5, 0.6) is 0 Å². The summed E-state index contributed by atoms with van der Waals surface area (Å²) in [6.07, 6.45) is 1.50. The highest BCUT2D eigenvalue weighted by Crippen LogP contribution is 2.21. The molecule has 21 heavy (non-hydrogen) atoms. The molecule has 0 unspecified atom stereocenters. The van der Waals surface area contributed by atoms with E-state index >= 15 is 0 Å². The molecular formula is C15H15N3O2S. The molecule has 108 valence electrons. The third kappa shape index (κ3) is 4.12. The van der Waals surface area contributed by atoms with Gasteiger partial charge in [-0.2, -0.15) is 0 Å². The minimum Gasteiger partial charge on any atom is -0.384 e. The summed E-state index contributed by atoms with van der Waals surface area (Å²) in [6, 6.07) is 3.28. The number of rotatable bonds is 3. The average molecular weight is 301 g/mol. The molecular weight excluding hydrogens is 286 g/mol. The number of aromatic nitrogens is 2. The smallest absolute Gasteiger partial charge is 0.276 e. The maximum Gasteiger partial charge on any atom is 0.276 e. The Balaban J connectivity index is 2.05. The van der Waals surface area contributed by atoms with Crippen LogP contribution in [0.2, 0.25) is 0 Å². The highest BCUT2D eigenvalue weighted by atomic mass is 32.1. The fraction of sp³-hybridized carbons (Fsp3) is 0.267. The number of anilines is 1. The van der Waals surface area contributed by atoms with Crippen molar-refractivity contribution in [3.8, 4) is 11.8 Å². The zero-order chi connectivity index (χ0) is 15.2. The van der Waals surface area contributed by atoms with Crippen molar-refractivity contribution in [2.24, 2.45) is 0 Å². The van der Waals surface area contributed by atoms with E-state index in [-0.39, 0.29) is 12.5 Å². The Kier molecular flexibility index (Phi) is 5.04. The molecule has 2 aromatic heterocycles. The minimum absolute atomic E-state index is 0.204. The van der Waals surface area contributed by atoms with Gasteiger partial charge in [0.05, 0.1) is 5.69 Å². The maximum absolute atomic E-state index is 12.0. The van der Waals surface area contributed by atoms with Gasteiger partial charge in [0.15, 0.2) is 5.13 Å². The van der Waals surface area contributed by atoms with E-state index in [0.29, 0.717) is 22.3 Å². The van der Waals surface area contributed by atoms with E-state index in [1.54, 1.807) is 12.1 Å². The van der Waals surface area contributed by atoms with Gasteiger partial charge in [0.1, 0.15) is 12.3 Å². The number of thiazole rings is 1. The first-order valence-electron chi connectivity index (χ1n) is 6.42. The van der Waals surface area contributed by atoms with Gasteiger partial charge in [-0.05, 0) is 18.1 Å². The zero-order valence-electron chi connectivity index (χ0n) is 11.8. The van der Waals surface area contributed by atoms with E-state index in [9.17, 15) is 4.79 Å². The number of amides is 1. The van der Waals surface area contributed by atoms with Crippen LogP contribution in [0.4, 0.5) is 5.13 Å². The molecule has 0 atom stereocenters. The van der Waals surface area contributed by atoms with Crippen molar-refractivity contribution < 1.29 is 9.90 Å². The summed E-state index contributed by atoms with van der Waals surface area (Å²) in [4.78, 5) is 20.4. The van der Waals surface area contributed by atoms with Crippen molar-refractivity contribution in [2.45, 2.75) is 19.8 Å².